The Balaban J connectivity index is 1.95. The highest BCUT2D eigenvalue weighted by atomic mass is 16.5. The number of nitrogens with one attached hydrogen (secondary N) is 2. The standard InChI is InChI=1S/C16H20N2O3/c1-21-11-10-17-8-9-18-16(20)14-7-6-12-4-2-3-5-13(12)15(14)19/h2-7,17,19H,8-11H2,1H3,(H,18,20). The van der Waals surface area contributed by atoms with Gasteiger partial charge in [-0.25, -0.2) is 0 Å². The molecule has 0 saturated carbocycles. The van der Waals surface area contributed by atoms with Crippen LogP contribution in [-0.2, 0) is 4.74 Å². The van der Waals surface area contributed by atoms with Gasteiger partial charge in [0.2, 0.25) is 0 Å². The minimum Gasteiger partial charge on any atom is -0.506 e. The molecule has 0 aromatic heterocycles. The highest BCUT2D eigenvalue weighted by Crippen LogP contribution is 2.28. The van der Waals surface area contributed by atoms with Gasteiger partial charge >= 0.3 is 0 Å². The van der Waals surface area contributed by atoms with E-state index in [-0.39, 0.29) is 11.7 Å². The lowest BCUT2D eigenvalue weighted by atomic mass is 10.0. The fraction of sp³-hybridized carbons (Fsp3) is 0.312. The fourth-order valence-electron chi connectivity index (χ4n) is 2.10. The molecule has 2 aromatic carbocycles. The van der Waals surface area contributed by atoms with Gasteiger partial charge in [-0.05, 0) is 11.5 Å². The van der Waals surface area contributed by atoms with E-state index in [1.807, 2.05) is 24.3 Å². The fourth-order valence-corrected chi connectivity index (χ4v) is 2.10. The third kappa shape index (κ3) is 3.93. The van der Waals surface area contributed by atoms with Crippen molar-refractivity contribution >= 4 is 16.7 Å². The van der Waals surface area contributed by atoms with Crippen LogP contribution in [0.15, 0.2) is 36.4 Å². The molecule has 0 atom stereocenters. The van der Waals surface area contributed by atoms with Crippen LogP contribution in [0.3, 0.4) is 0 Å². The van der Waals surface area contributed by atoms with E-state index >= 15 is 0 Å². The Hall–Kier alpha value is -2.11. The molecule has 3 N–H and O–H groups in total. The van der Waals surface area contributed by atoms with Crippen LogP contribution in [0, 0.1) is 0 Å². The Bertz CT molecular complexity index is 613. The molecular formula is C16H20N2O3. The summed E-state index contributed by atoms with van der Waals surface area (Å²) in [6, 6.07) is 10.9. The molecule has 0 saturated heterocycles. The van der Waals surface area contributed by atoms with Crippen molar-refractivity contribution in [1.82, 2.24) is 10.6 Å². The van der Waals surface area contributed by atoms with Gasteiger partial charge < -0.3 is 20.5 Å². The number of phenolic OH excluding ortho intramolecular Hbond substituents is 1. The van der Waals surface area contributed by atoms with Crippen LogP contribution < -0.4 is 10.6 Å². The molecule has 0 fully saturated rings. The highest BCUT2D eigenvalue weighted by molar-refractivity contribution is 6.03. The number of benzene rings is 2. The molecular weight excluding hydrogens is 268 g/mol. The number of fused-ring (bicyclic) bond motifs is 1. The van der Waals surface area contributed by atoms with Crippen molar-refractivity contribution < 1.29 is 14.6 Å². The highest BCUT2D eigenvalue weighted by Gasteiger charge is 2.12. The topological polar surface area (TPSA) is 70.6 Å². The van der Waals surface area contributed by atoms with E-state index in [2.05, 4.69) is 10.6 Å². The van der Waals surface area contributed by atoms with Crippen molar-refractivity contribution in [2.24, 2.45) is 0 Å². The number of carbonyl (C=O) groups is 1. The maximum Gasteiger partial charge on any atom is 0.255 e. The van der Waals surface area contributed by atoms with Crippen molar-refractivity contribution in [3.8, 4) is 5.75 Å². The lowest BCUT2D eigenvalue weighted by molar-refractivity contribution is 0.0951. The van der Waals surface area contributed by atoms with E-state index in [9.17, 15) is 9.90 Å². The normalized spacial score (nSPS) is 10.7. The SMILES string of the molecule is COCCNCCNC(=O)c1ccc2ccccc2c1O. The summed E-state index contributed by atoms with van der Waals surface area (Å²) in [5.41, 5.74) is 0.297. The third-order valence-corrected chi connectivity index (χ3v) is 3.22. The molecule has 1 amide bonds. The van der Waals surface area contributed by atoms with Crippen molar-refractivity contribution in [3.63, 3.8) is 0 Å². The first kappa shape index (κ1) is 15.3. The van der Waals surface area contributed by atoms with Crippen molar-refractivity contribution in [2.45, 2.75) is 0 Å². The summed E-state index contributed by atoms with van der Waals surface area (Å²) in [4.78, 5) is 12.1. The molecule has 5 heteroatoms. The minimum absolute atomic E-state index is 0.0259. The second-order valence-corrected chi connectivity index (χ2v) is 4.68. The number of carbonyl (C=O) groups excluding carboxylic acids is 1. The van der Waals surface area contributed by atoms with Crippen LogP contribution in [0.4, 0.5) is 0 Å². The summed E-state index contributed by atoms with van der Waals surface area (Å²) in [5.74, 6) is -0.246. The average molecular weight is 288 g/mol. The molecule has 0 bridgehead atoms. The zero-order valence-electron chi connectivity index (χ0n) is 12.1. The van der Waals surface area contributed by atoms with E-state index in [1.54, 1.807) is 19.2 Å². The maximum absolute atomic E-state index is 12.1. The zero-order chi connectivity index (χ0) is 15.1. The minimum atomic E-state index is -0.271. The third-order valence-electron chi connectivity index (χ3n) is 3.22. The zero-order valence-corrected chi connectivity index (χ0v) is 12.1. The summed E-state index contributed by atoms with van der Waals surface area (Å²) < 4.78 is 4.91. The summed E-state index contributed by atoms with van der Waals surface area (Å²) in [6.07, 6.45) is 0. The summed E-state index contributed by atoms with van der Waals surface area (Å²) in [7, 11) is 1.64. The molecule has 0 unspecified atom stereocenters. The van der Waals surface area contributed by atoms with Crippen molar-refractivity contribution in [3.05, 3.63) is 42.0 Å². The van der Waals surface area contributed by atoms with Gasteiger partial charge in [0, 0.05) is 32.1 Å². The van der Waals surface area contributed by atoms with Crippen LogP contribution in [-0.4, -0.2) is 44.4 Å². The van der Waals surface area contributed by atoms with Gasteiger partial charge in [-0.3, -0.25) is 4.79 Å². The summed E-state index contributed by atoms with van der Waals surface area (Å²) in [5, 5.41) is 17.7. The van der Waals surface area contributed by atoms with E-state index in [0.29, 0.717) is 30.6 Å². The van der Waals surface area contributed by atoms with Crippen LogP contribution in [0.1, 0.15) is 10.4 Å². The van der Waals surface area contributed by atoms with E-state index in [4.69, 9.17) is 4.74 Å². The quantitative estimate of drug-likeness (QED) is 0.675. The Kier molecular flexibility index (Phi) is 5.54. The number of aromatic hydroxyl groups is 1. The number of phenols is 1. The summed E-state index contributed by atoms with van der Waals surface area (Å²) >= 11 is 0. The van der Waals surface area contributed by atoms with Crippen LogP contribution in [0.25, 0.3) is 10.8 Å². The number of ether oxygens (including phenoxy) is 1. The number of rotatable bonds is 7. The number of hydrogen-bond acceptors (Lipinski definition) is 4. The molecule has 0 radical (unpaired) electrons. The molecule has 5 nitrogen and oxygen atoms in total. The molecule has 21 heavy (non-hydrogen) atoms. The van der Waals surface area contributed by atoms with Crippen molar-refractivity contribution in [1.29, 1.82) is 0 Å². The van der Waals surface area contributed by atoms with Crippen LogP contribution >= 0.6 is 0 Å². The second kappa shape index (κ2) is 7.61. The van der Waals surface area contributed by atoms with Gasteiger partial charge in [0.05, 0.1) is 12.2 Å². The Morgan fingerprint density at radius 2 is 1.95 bits per heavy atom. The molecule has 112 valence electrons. The Morgan fingerprint density at radius 1 is 1.14 bits per heavy atom. The maximum atomic E-state index is 12.1. The van der Waals surface area contributed by atoms with Crippen LogP contribution in [0.2, 0.25) is 0 Å². The average Bonchev–Trinajstić information content (AvgIpc) is 2.51. The van der Waals surface area contributed by atoms with Crippen molar-refractivity contribution in [2.75, 3.05) is 33.4 Å². The summed E-state index contributed by atoms with van der Waals surface area (Å²) in [6.45, 7) is 2.53. The first-order chi connectivity index (χ1) is 10.2. The first-order valence-electron chi connectivity index (χ1n) is 6.92. The monoisotopic (exact) mass is 288 g/mol. The van der Waals surface area contributed by atoms with Gasteiger partial charge in [-0.15, -0.1) is 0 Å². The Labute approximate surface area is 123 Å². The van der Waals surface area contributed by atoms with Gasteiger partial charge in [-0.1, -0.05) is 30.3 Å². The van der Waals surface area contributed by atoms with Gasteiger partial charge in [0.15, 0.2) is 0 Å². The van der Waals surface area contributed by atoms with Gasteiger partial charge in [0.25, 0.3) is 5.91 Å². The van der Waals surface area contributed by atoms with Crippen LogP contribution in [0.5, 0.6) is 5.75 Å². The number of amides is 1. The predicted molar refractivity (Wildman–Crippen MR) is 82.7 cm³/mol. The smallest absolute Gasteiger partial charge is 0.255 e. The van der Waals surface area contributed by atoms with Gasteiger partial charge in [0.1, 0.15) is 5.75 Å². The molecule has 0 aliphatic carbocycles. The lowest BCUT2D eigenvalue weighted by Crippen LogP contribution is -2.33. The molecule has 0 aliphatic heterocycles. The lowest BCUT2D eigenvalue weighted by Gasteiger charge is -2.09. The molecule has 0 heterocycles. The van der Waals surface area contributed by atoms with E-state index < -0.39 is 0 Å². The molecule has 2 aromatic rings. The van der Waals surface area contributed by atoms with E-state index in [0.717, 1.165) is 11.9 Å². The molecule has 2 rings (SSSR count). The first-order valence-corrected chi connectivity index (χ1v) is 6.92. The largest absolute Gasteiger partial charge is 0.506 e. The Morgan fingerprint density at radius 3 is 2.76 bits per heavy atom. The number of hydrogen-bond donors (Lipinski definition) is 3. The predicted octanol–water partition coefficient (Wildman–Crippen LogP) is 1.51. The molecule has 0 aliphatic rings. The number of methoxy groups -OCH3 is 1. The second-order valence-electron chi connectivity index (χ2n) is 4.68. The van der Waals surface area contributed by atoms with Gasteiger partial charge in [-0.2, -0.15) is 0 Å². The van der Waals surface area contributed by atoms with E-state index in [1.165, 1.54) is 0 Å². The molecule has 0 spiro atoms.